The minimum atomic E-state index is -4.42. The van der Waals surface area contributed by atoms with Gasteiger partial charge in [-0.25, -0.2) is 4.98 Å². The molecule has 8 heteroatoms. The standard InChI is InChI=1S/C22H21F3N4O/c23-22(24,25)16-6-4-7-17(12-16)26-13-21(30)27-18-8-3-5-15(11-18)19-14-29-10-2-1-9-20(29)28-19/h3-8,11-12,14,26H,1-2,9-10,13H2,(H,27,30). The van der Waals surface area contributed by atoms with Crippen molar-refractivity contribution in [3.8, 4) is 11.3 Å². The lowest BCUT2D eigenvalue weighted by Crippen LogP contribution is -2.21. The van der Waals surface area contributed by atoms with Crippen LogP contribution in [0.15, 0.2) is 54.7 Å². The van der Waals surface area contributed by atoms with E-state index in [4.69, 9.17) is 4.98 Å². The zero-order chi connectivity index (χ0) is 21.1. The van der Waals surface area contributed by atoms with Gasteiger partial charge in [-0.3, -0.25) is 4.79 Å². The van der Waals surface area contributed by atoms with E-state index >= 15 is 0 Å². The van der Waals surface area contributed by atoms with Crippen LogP contribution in [0, 0.1) is 0 Å². The Morgan fingerprint density at radius 3 is 2.67 bits per heavy atom. The monoisotopic (exact) mass is 414 g/mol. The molecule has 2 aromatic carbocycles. The minimum absolute atomic E-state index is 0.148. The molecule has 0 bridgehead atoms. The number of alkyl halides is 3. The Morgan fingerprint density at radius 2 is 1.87 bits per heavy atom. The van der Waals surface area contributed by atoms with Crippen molar-refractivity contribution in [1.29, 1.82) is 0 Å². The summed E-state index contributed by atoms with van der Waals surface area (Å²) >= 11 is 0. The van der Waals surface area contributed by atoms with Gasteiger partial charge < -0.3 is 15.2 Å². The van der Waals surface area contributed by atoms with Gasteiger partial charge in [0.2, 0.25) is 5.91 Å². The van der Waals surface area contributed by atoms with Crippen LogP contribution in [0.3, 0.4) is 0 Å². The van der Waals surface area contributed by atoms with Crippen molar-refractivity contribution in [2.45, 2.75) is 32.0 Å². The molecule has 0 spiro atoms. The van der Waals surface area contributed by atoms with Crippen LogP contribution in [0.1, 0.15) is 24.2 Å². The van der Waals surface area contributed by atoms with Gasteiger partial charge in [0.25, 0.3) is 0 Å². The van der Waals surface area contributed by atoms with Crippen molar-refractivity contribution < 1.29 is 18.0 Å². The molecule has 2 heterocycles. The highest BCUT2D eigenvalue weighted by Crippen LogP contribution is 2.30. The maximum Gasteiger partial charge on any atom is 0.416 e. The van der Waals surface area contributed by atoms with Crippen molar-refractivity contribution in [2.24, 2.45) is 0 Å². The van der Waals surface area contributed by atoms with Gasteiger partial charge in [-0.1, -0.05) is 18.2 Å². The number of carbonyl (C=O) groups is 1. The number of carbonyl (C=O) groups excluding carboxylic acids is 1. The quantitative estimate of drug-likeness (QED) is 0.621. The average Bonchev–Trinajstić information content (AvgIpc) is 3.16. The van der Waals surface area contributed by atoms with Crippen LogP contribution in [0.4, 0.5) is 24.5 Å². The van der Waals surface area contributed by atoms with Crippen LogP contribution < -0.4 is 10.6 Å². The van der Waals surface area contributed by atoms with Crippen LogP contribution in [0.25, 0.3) is 11.3 Å². The first-order valence-electron chi connectivity index (χ1n) is 9.76. The fraction of sp³-hybridized carbons (Fsp3) is 0.273. The van der Waals surface area contributed by atoms with Gasteiger partial charge in [0.1, 0.15) is 5.82 Å². The Hall–Kier alpha value is -3.29. The largest absolute Gasteiger partial charge is 0.416 e. The lowest BCUT2D eigenvalue weighted by Gasteiger charge is -2.11. The summed E-state index contributed by atoms with van der Waals surface area (Å²) < 4.78 is 40.6. The van der Waals surface area contributed by atoms with E-state index in [0.717, 1.165) is 55.0 Å². The molecule has 0 atom stereocenters. The van der Waals surface area contributed by atoms with E-state index in [1.54, 1.807) is 6.07 Å². The zero-order valence-corrected chi connectivity index (χ0v) is 16.2. The second-order valence-electron chi connectivity index (χ2n) is 7.25. The van der Waals surface area contributed by atoms with E-state index in [9.17, 15) is 18.0 Å². The first-order chi connectivity index (χ1) is 14.4. The Morgan fingerprint density at radius 1 is 1.07 bits per heavy atom. The van der Waals surface area contributed by atoms with E-state index < -0.39 is 11.7 Å². The molecule has 156 valence electrons. The van der Waals surface area contributed by atoms with Crippen molar-refractivity contribution in [1.82, 2.24) is 9.55 Å². The SMILES string of the molecule is O=C(CNc1cccc(C(F)(F)F)c1)Nc1cccc(-c2cn3c(n2)CCCC3)c1. The zero-order valence-electron chi connectivity index (χ0n) is 16.2. The molecule has 30 heavy (non-hydrogen) atoms. The van der Waals surface area contributed by atoms with E-state index in [-0.39, 0.29) is 18.1 Å². The third-order valence-corrected chi connectivity index (χ3v) is 4.99. The number of nitrogens with one attached hydrogen (secondary N) is 2. The van der Waals surface area contributed by atoms with Crippen molar-refractivity contribution >= 4 is 17.3 Å². The number of amides is 1. The first kappa shape index (κ1) is 20.0. The lowest BCUT2D eigenvalue weighted by atomic mass is 10.1. The maximum atomic E-state index is 12.8. The highest BCUT2D eigenvalue weighted by atomic mass is 19.4. The molecule has 4 rings (SSSR count). The molecule has 0 radical (unpaired) electrons. The number of hydrogen-bond acceptors (Lipinski definition) is 3. The molecule has 0 aliphatic carbocycles. The van der Waals surface area contributed by atoms with Crippen molar-refractivity contribution in [3.63, 3.8) is 0 Å². The molecule has 1 amide bonds. The first-order valence-corrected chi connectivity index (χ1v) is 9.76. The van der Waals surface area contributed by atoms with Gasteiger partial charge in [0.15, 0.2) is 0 Å². The summed E-state index contributed by atoms with van der Waals surface area (Å²) in [6.45, 7) is 0.824. The molecule has 1 aliphatic heterocycles. The lowest BCUT2D eigenvalue weighted by molar-refractivity contribution is -0.137. The van der Waals surface area contributed by atoms with Crippen molar-refractivity contribution in [3.05, 3.63) is 66.1 Å². The van der Waals surface area contributed by atoms with Crippen LogP contribution in [-0.4, -0.2) is 22.0 Å². The number of nitrogens with zero attached hydrogens (tertiary/aromatic N) is 2. The number of fused-ring (bicyclic) bond motifs is 1. The normalized spacial score (nSPS) is 13.6. The number of aryl methyl sites for hydroxylation is 2. The number of imidazole rings is 1. The summed E-state index contributed by atoms with van der Waals surface area (Å²) in [6.07, 6.45) is 0.873. The summed E-state index contributed by atoms with van der Waals surface area (Å²) in [4.78, 5) is 17.0. The molecule has 0 fully saturated rings. The Balaban J connectivity index is 1.39. The topological polar surface area (TPSA) is 59.0 Å². The molecule has 1 aliphatic rings. The van der Waals surface area contributed by atoms with Gasteiger partial charge in [0, 0.05) is 36.1 Å². The fourth-order valence-corrected chi connectivity index (χ4v) is 3.50. The Labute approximate surface area is 171 Å². The van der Waals surface area contributed by atoms with Gasteiger partial charge in [0.05, 0.1) is 17.8 Å². The third kappa shape index (κ3) is 4.64. The summed E-state index contributed by atoms with van der Waals surface area (Å²) in [7, 11) is 0. The third-order valence-electron chi connectivity index (χ3n) is 4.99. The smallest absolute Gasteiger partial charge is 0.376 e. The molecule has 0 saturated heterocycles. The summed E-state index contributed by atoms with van der Waals surface area (Å²) in [5, 5.41) is 5.50. The number of rotatable bonds is 5. The highest BCUT2D eigenvalue weighted by molar-refractivity contribution is 5.94. The van der Waals surface area contributed by atoms with E-state index in [1.807, 2.05) is 24.4 Å². The maximum absolute atomic E-state index is 12.8. The number of hydrogen-bond donors (Lipinski definition) is 2. The molecule has 2 N–H and O–H groups in total. The molecule has 5 nitrogen and oxygen atoms in total. The minimum Gasteiger partial charge on any atom is -0.376 e. The van der Waals surface area contributed by atoms with Gasteiger partial charge in [-0.05, 0) is 43.2 Å². The second kappa shape index (κ2) is 8.22. The fourth-order valence-electron chi connectivity index (χ4n) is 3.50. The molecular formula is C22H21F3N4O. The molecule has 0 unspecified atom stereocenters. The van der Waals surface area contributed by atoms with Gasteiger partial charge in [-0.2, -0.15) is 13.2 Å². The van der Waals surface area contributed by atoms with Crippen LogP contribution in [-0.2, 0) is 23.9 Å². The second-order valence-corrected chi connectivity index (χ2v) is 7.25. The molecular weight excluding hydrogens is 393 g/mol. The summed E-state index contributed by atoms with van der Waals surface area (Å²) in [5.41, 5.74) is 1.85. The Kier molecular flexibility index (Phi) is 5.48. The Bertz CT molecular complexity index is 1040. The van der Waals surface area contributed by atoms with E-state index in [2.05, 4.69) is 15.2 Å². The van der Waals surface area contributed by atoms with Gasteiger partial charge >= 0.3 is 6.18 Å². The number of aromatic nitrogens is 2. The van der Waals surface area contributed by atoms with E-state index in [1.165, 1.54) is 12.1 Å². The summed E-state index contributed by atoms with van der Waals surface area (Å²) in [6, 6.07) is 12.1. The number of anilines is 2. The average molecular weight is 414 g/mol. The predicted molar refractivity (Wildman–Crippen MR) is 109 cm³/mol. The van der Waals surface area contributed by atoms with Gasteiger partial charge in [-0.15, -0.1) is 0 Å². The van der Waals surface area contributed by atoms with Crippen LogP contribution >= 0.6 is 0 Å². The van der Waals surface area contributed by atoms with Crippen LogP contribution in [0.5, 0.6) is 0 Å². The highest BCUT2D eigenvalue weighted by Gasteiger charge is 2.30. The molecule has 0 saturated carbocycles. The molecule has 3 aromatic rings. The summed E-state index contributed by atoms with van der Waals surface area (Å²) in [5.74, 6) is 0.727. The number of halogens is 3. The van der Waals surface area contributed by atoms with E-state index in [0.29, 0.717) is 5.69 Å². The predicted octanol–water partition coefficient (Wildman–Crippen LogP) is 4.96. The van der Waals surface area contributed by atoms with Crippen molar-refractivity contribution in [2.75, 3.05) is 17.2 Å². The number of benzene rings is 2. The van der Waals surface area contributed by atoms with Crippen LogP contribution in [0.2, 0.25) is 0 Å². The molecule has 1 aromatic heterocycles.